The monoisotopic (exact) mass is 246 g/mol. The molecule has 2 rings (SSSR count). The predicted octanol–water partition coefficient (Wildman–Crippen LogP) is 2.48. The van der Waals surface area contributed by atoms with Gasteiger partial charge >= 0.3 is 0 Å². The second kappa shape index (κ2) is 5.59. The highest BCUT2D eigenvalue weighted by Crippen LogP contribution is 2.28. The van der Waals surface area contributed by atoms with Crippen LogP contribution in [0.1, 0.15) is 5.56 Å². The van der Waals surface area contributed by atoms with Crippen molar-refractivity contribution >= 4 is 29.7 Å². The van der Waals surface area contributed by atoms with Crippen molar-refractivity contribution in [2.45, 2.75) is 6.92 Å². The molecule has 1 heterocycles. The molecule has 0 spiro atoms. The molecular weight excluding hydrogens is 231 g/mol. The Morgan fingerprint density at radius 3 is 2.60 bits per heavy atom. The summed E-state index contributed by atoms with van der Waals surface area (Å²) in [6.45, 7) is 6.23. The van der Waals surface area contributed by atoms with Crippen LogP contribution in [0.25, 0.3) is 0 Å². The SMILES string of the molecule is Cc1cccc(N2CCNCC2)c1Cl.Cl. The van der Waals surface area contributed by atoms with E-state index in [1.807, 2.05) is 13.0 Å². The number of nitrogens with zero attached hydrogens (tertiary/aromatic N) is 1. The molecule has 1 saturated heterocycles. The molecule has 0 atom stereocenters. The third-order valence-electron chi connectivity index (χ3n) is 2.63. The molecule has 0 saturated carbocycles. The Morgan fingerprint density at radius 2 is 1.93 bits per heavy atom. The first-order valence-corrected chi connectivity index (χ1v) is 5.37. The number of hydrogen-bond acceptors (Lipinski definition) is 2. The van der Waals surface area contributed by atoms with Crippen molar-refractivity contribution in [2.24, 2.45) is 0 Å². The van der Waals surface area contributed by atoms with E-state index in [2.05, 4.69) is 22.3 Å². The van der Waals surface area contributed by atoms with Crippen molar-refractivity contribution in [3.63, 3.8) is 0 Å². The molecule has 4 heteroatoms. The van der Waals surface area contributed by atoms with Gasteiger partial charge in [0.1, 0.15) is 0 Å². The van der Waals surface area contributed by atoms with E-state index in [1.54, 1.807) is 0 Å². The zero-order chi connectivity index (χ0) is 9.97. The van der Waals surface area contributed by atoms with Crippen LogP contribution in [0.2, 0.25) is 5.02 Å². The lowest BCUT2D eigenvalue weighted by Gasteiger charge is -2.30. The van der Waals surface area contributed by atoms with Gasteiger partial charge in [-0.05, 0) is 18.6 Å². The minimum absolute atomic E-state index is 0. The fourth-order valence-electron chi connectivity index (χ4n) is 1.78. The molecule has 1 aromatic rings. The zero-order valence-corrected chi connectivity index (χ0v) is 10.4. The van der Waals surface area contributed by atoms with Gasteiger partial charge in [0.05, 0.1) is 10.7 Å². The number of aryl methyl sites for hydroxylation is 1. The van der Waals surface area contributed by atoms with Crippen LogP contribution in [-0.2, 0) is 0 Å². The quantitative estimate of drug-likeness (QED) is 0.820. The Bertz CT molecular complexity index is 322. The second-order valence-electron chi connectivity index (χ2n) is 3.65. The van der Waals surface area contributed by atoms with Crippen LogP contribution in [0, 0.1) is 6.92 Å². The molecule has 0 aliphatic carbocycles. The van der Waals surface area contributed by atoms with Crippen LogP contribution < -0.4 is 10.2 Å². The first-order chi connectivity index (χ1) is 6.79. The lowest BCUT2D eigenvalue weighted by molar-refractivity contribution is 0.589. The van der Waals surface area contributed by atoms with Crippen molar-refractivity contribution in [3.8, 4) is 0 Å². The lowest BCUT2D eigenvalue weighted by atomic mass is 10.2. The molecule has 2 nitrogen and oxygen atoms in total. The fourth-order valence-corrected chi connectivity index (χ4v) is 2.03. The molecular formula is C11H16Cl2N2. The molecule has 1 aliphatic heterocycles. The Morgan fingerprint density at radius 1 is 1.27 bits per heavy atom. The Hall–Kier alpha value is -0.440. The first-order valence-electron chi connectivity index (χ1n) is 5.00. The fraction of sp³-hybridized carbons (Fsp3) is 0.455. The van der Waals surface area contributed by atoms with Gasteiger partial charge in [0.2, 0.25) is 0 Å². The average molecular weight is 247 g/mol. The van der Waals surface area contributed by atoms with Gasteiger partial charge < -0.3 is 10.2 Å². The summed E-state index contributed by atoms with van der Waals surface area (Å²) in [6.07, 6.45) is 0. The van der Waals surface area contributed by atoms with Gasteiger partial charge in [0, 0.05) is 26.2 Å². The lowest BCUT2D eigenvalue weighted by Crippen LogP contribution is -2.43. The van der Waals surface area contributed by atoms with Crippen molar-refractivity contribution in [1.29, 1.82) is 0 Å². The summed E-state index contributed by atoms with van der Waals surface area (Å²) in [5.41, 5.74) is 2.33. The van der Waals surface area contributed by atoms with E-state index in [4.69, 9.17) is 11.6 Å². The third kappa shape index (κ3) is 2.77. The van der Waals surface area contributed by atoms with E-state index in [-0.39, 0.29) is 12.4 Å². The van der Waals surface area contributed by atoms with Gasteiger partial charge in [-0.3, -0.25) is 0 Å². The highest BCUT2D eigenvalue weighted by molar-refractivity contribution is 6.34. The first kappa shape index (κ1) is 12.6. The van der Waals surface area contributed by atoms with Crippen LogP contribution in [0.4, 0.5) is 5.69 Å². The number of nitrogens with one attached hydrogen (secondary N) is 1. The minimum atomic E-state index is 0. The second-order valence-corrected chi connectivity index (χ2v) is 4.02. The maximum absolute atomic E-state index is 6.26. The third-order valence-corrected chi connectivity index (χ3v) is 3.12. The summed E-state index contributed by atoms with van der Waals surface area (Å²) < 4.78 is 0. The normalized spacial score (nSPS) is 16.0. The maximum Gasteiger partial charge on any atom is 0.0668 e. The molecule has 0 aromatic heterocycles. The van der Waals surface area contributed by atoms with Gasteiger partial charge in [0.15, 0.2) is 0 Å². The van der Waals surface area contributed by atoms with Crippen LogP contribution >= 0.6 is 24.0 Å². The highest BCUT2D eigenvalue weighted by atomic mass is 35.5. The zero-order valence-electron chi connectivity index (χ0n) is 8.79. The van der Waals surface area contributed by atoms with E-state index in [0.717, 1.165) is 36.8 Å². The number of rotatable bonds is 1. The van der Waals surface area contributed by atoms with Crippen LogP contribution in [-0.4, -0.2) is 26.2 Å². The highest BCUT2D eigenvalue weighted by Gasteiger charge is 2.13. The summed E-state index contributed by atoms with van der Waals surface area (Å²) >= 11 is 6.26. The van der Waals surface area contributed by atoms with Crippen molar-refractivity contribution < 1.29 is 0 Å². The minimum Gasteiger partial charge on any atom is -0.368 e. The maximum atomic E-state index is 6.26. The van der Waals surface area contributed by atoms with Crippen LogP contribution in [0.15, 0.2) is 18.2 Å². The molecule has 15 heavy (non-hydrogen) atoms. The Balaban J connectivity index is 0.00000112. The van der Waals surface area contributed by atoms with Crippen molar-refractivity contribution in [1.82, 2.24) is 5.32 Å². The average Bonchev–Trinajstić information content (AvgIpc) is 2.23. The molecule has 0 radical (unpaired) electrons. The number of halogens is 2. The predicted molar refractivity (Wildman–Crippen MR) is 68.5 cm³/mol. The van der Waals surface area contributed by atoms with E-state index >= 15 is 0 Å². The van der Waals surface area contributed by atoms with Crippen molar-refractivity contribution in [2.75, 3.05) is 31.1 Å². The molecule has 0 bridgehead atoms. The smallest absolute Gasteiger partial charge is 0.0668 e. The van der Waals surface area contributed by atoms with Crippen LogP contribution in [0.3, 0.4) is 0 Å². The standard InChI is InChI=1S/C11H15ClN2.ClH/c1-9-3-2-4-10(11(9)12)14-7-5-13-6-8-14;/h2-4,13H,5-8H2,1H3;1H. The molecule has 0 unspecified atom stereocenters. The summed E-state index contributed by atoms with van der Waals surface area (Å²) in [5, 5.41) is 4.23. The number of benzene rings is 1. The van der Waals surface area contributed by atoms with E-state index in [1.165, 1.54) is 5.69 Å². The largest absolute Gasteiger partial charge is 0.368 e. The molecule has 0 amide bonds. The van der Waals surface area contributed by atoms with Gasteiger partial charge in [-0.15, -0.1) is 12.4 Å². The summed E-state index contributed by atoms with van der Waals surface area (Å²) in [7, 11) is 0. The molecule has 1 N–H and O–H groups in total. The summed E-state index contributed by atoms with van der Waals surface area (Å²) in [6, 6.07) is 6.22. The van der Waals surface area contributed by atoms with E-state index < -0.39 is 0 Å². The Kier molecular flexibility index (Phi) is 4.71. The summed E-state index contributed by atoms with van der Waals surface area (Å²) in [4.78, 5) is 2.34. The Labute approximate surface area is 102 Å². The topological polar surface area (TPSA) is 15.3 Å². The number of anilines is 1. The van der Waals surface area contributed by atoms with E-state index in [9.17, 15) is 0 Å². The van der Waals surface area contributed by atoms with Gasteiger partial charge in [-0.1, -0.05) is 23.7 Å². The molecule has 1 aromatic carbocycles. The summed E-state index contributed by atoms with van der Waals surface area (Å²) in [5.74, 6) is 0. The molecule has 84 valence electrons. The van der Waals surface area contributed by atoms with Crippen molar-refractivity contribution in [3.05, 3.63) is 28.8 Å². The molecule has 1 aliphatic rings. The number of piperazine rings is 1. The van der Waals surface area contributed by atoms with Gasteiger partial charge in [-0.25, -0.2) is 0 Å². The van der Waals surface area contributed by atoms with E-state index in [0.29, 0.717) is 0 Å². The van der Waals surface area contributed by atoms with Crippen LogP contribution in [0.5, 0.6) is 0 Å². The van der Waals surface area contributed by atoms with Gasteiger partial charge in [-0.2, -0.15) is 0 Å². The van der Waals surface area contributed by atoms with Gasteiger partial charge in [0.25, 0.3) is 0 Å². The molecule has 1 fully saturated rings. The number of hydrogen-bond donors (Lipinski definition) is 1.